The zero-order valence-corrected chi connectivity index (χ0v) is 11.9. The van der Waals surface area contributed by atoms with E-state index in [1.165, 1.54) is 0 Å². The fraction of sp³-hybridized carbons (Fsp3) is 0.462. The molecule has 1 aromatic rings. The monoisotopic (exact) mass is 319 g/mol. The number of halogens is 2. The number of hydrogen-bond acceptors (Lipinski definition) is 3. The van der Waals surface area contributed by atoms with Crippen LogP contribution >= 0.6 is 0 Å². The highest BCUT2D eigenvalue weighted by atomic mass is 32.2. The summed E-state index contributed by atoms with van der Waals surface area (Å²) >= 11 is 0. The number of hydrogen-bond donors (Lipinski definition) is 2. The maximum atomic E-state index is 14.0. The molecule has 0 heterocycles. The molecule has 2 rings (SSSR count). The lowest BCUT2D eigenvalue weighted by Gasteiger charge is -2.22. The van der Waals surface area contributed by atoms with Crippen LogP contribution in [0.3, 0.4) is 0 Å². The molecule has 0 saturated heterocycles. The minimum atomic E-state index is -4.22. The van der Waals surface area contributed by atoms with E-state index in [0.29, 0.717) is 18.9 Å². The van der Waals surface area contributed by atoms with E-state index in [-0.39, 0.29) is 6.04 Å². The molecule has 1 fully saturated rings. The molecule has 21 heavy (non-hydrogen) atoms. The first-order valence-corrected chi connectivity index (χ1v) is 8.05. The molecular weight excluding hydrogens is 304 g/mol. The average Bonchev–Trinajstić information content (AvgIpc) is 2.38. The van der Waals surface area contributed by atoms with Gasteiger partial charge in [0.1, 0.15) is 16.3 Å². The summed E-state index contributed by atoms with van der Waals surface area (Å²) in [5, 5.41) is 8.76. The third-order valence-electron chi connectivity index (χ3n) is 3.49. The molecule has 1 saturated carbocycles. The third kappa shape index (κ3) is 3.38. The minimum Gasteiger partial charge on any atom is -0.477 e. The summed E-state index contributed by atoms with van der Waals surface area (Å²) in [6.07, 6.45) is 4.06. The van der Waals surface area contributed by atoms with Crippen LogP contribution in [0.25, 0.3) is 0 Å². The molecule has 0 radical (unpaired) electrons. The Morgan fingerprint density at radius 2 is 1.81 bits per heavy atom. The Morgan fingerprint density at radius 3 is 2.38 bits per heavy atom. The van der Waals surface area contributed by atoms with Gasteiger partial charge in [-0.15, -0.1) is 0 Å². The van der Waals surface area contributed by atoms with Crippen LogP contribution in [0.2, 0.25) is 0 Å². The zero-order chi connectivity index (χ0) is 15.6. The molecule has 8 heteroatoms. The Kier molecular flexibility index (Phi) is 4.58. The van der Waals surface area contributed by atoms with Crippen LogP contribution in [0.15, 0.2) is 17.0 Å². The van der Waals surface area contributed by atoms with Crippen molar-refractivity contribution < 1.29 is 27.1 Å². The van der Waals surface area contributed by atoms with Crippen LogP contribution in [0.4, 0.5) is 8.78 Å². The molecular formula is C13H15F2NO4S. The number of nitrogens with one attached hydrogen (secondary N) is 1. The Labute approximate surface area is 121 Å². The Balaban J connectivity index is 2.36. The summed E-state index contributed by atoms with van der Waals surface area (Å²) < 4.78 is 53.9. The molecule has 0 spiro atoms. The van der Waals surface area contributed by atoms with E-state index in [9.17, 15) is 22.0 Å². The van der Waals surface area contributed by atoms with Crippen molar-refractivity contribution in [1.82, 2.24) is 4.72 Å². The first-order valence-electron chi connectivity index (χ1n) is 6.56. The highest BCUT2D eigenvalue weighted by molar-refractivity contribution is 7.89. The van der Waals surface area contributed by atoms with Gasteiger partial charge in [0.2, 0.25) is 10.0 Å². The lowest BCUT2D eigenvalue weighted by Crippen LogP contribution is -2.36. The van der Waals surface area contributed by atoms with Gasteiger partial charge in [-0.25, -0.2) is 26.7 Å². The van der Waals surface area contributed by atoms with Gasteiger partial charge >= 0.3 is 5.97 Å². The zero-order valence-electron chi connectivity index (χ0n) is 11.1. The van der Waals surface area contributed by atoms with E-state index in [1.807, 2.05) is 0 Å². The molecule has 0 bridgehead atoms. The van der Waals surface area contributed by atoms with Gasteiger partial charge in [0, 0.05) is 6.04 Å². The predicted octanol–water partition coefficient (Wildman–Crippen LogP) is 2.27. The SMILES string of the molecule is O=C(O)c1c(F)ccc(S(=O)(=O)NC2CCCCC2)c1F. The van der Waals surface area contributed by atoms with E-state index in [1.54, 1.807) is 0 Å². The highest BCUT2D eigenvalue weighted by Crippen LogP contribution is 2.24. The largest absolute Gasteiger partial charge is 0.477 e. The quantitative estimate of drug-likeness (QED) is 0.892. The van der Waals surface area contributed by atoms with Crippen molar-refractivity contribution in [1.29, 1.82) is 0 Å². The maximum Gasteiger partial charge on any atom is 0.341 e. The molecule has 1 aliphatic rings. The topological polar surface area (TPSA) is 83.5 Å². The van der Waals surface area contributed by atoms with Crippen LogP contribution in [0.1, 0.15) is 42.5 Å². The second-order valence-electron chi connectivity index (χ2n) is 5.00. The van der Waals surface area contributed by atoms with Crippen molar-refractivity contribution in [3.05, 3.63) is 29.3 Å². The van der Waals surface area contributed by atoms with E-state index in [0.717, 1.165) is 25.3 Å². The van der Waals surface area contributed by atoms with Gasteiger partial charge in [-0.05, 0) is 25.0 Å². The van der Waals surface area contributed by atoms with Gasteiger partial charge in [-0.2, -0.15) is 0 Å². The van der Waals surface area contributed by atoms with Gasteiger partial charge < -0.3 is 5.11 Å². The third-order valence-corrected chi connectivity index (χ3v) is 5.02. The number of rotatable bonds is 4. The van der Waals surface area contributed by atoms with Crippen molar-refractivity contribution in [3.63, 3.8) is 0 Å². The first kappa shape index (κ1) is 15.8. The van der Waals surface area contributed by atoms with Gasteiger partial charge in [-0.1, -0.05) is 19.3 Å². The average molecular weight is 319 g/mol. The molecule has 1 aromatic carbocycles. The molecule has 0 unspecified atom stereocenters. The van der Waals surface area contributed by atoms with Crippen molar-refractivity contribution in [3.8, 4) is 0 Å². The number of sulfonamides is 1. The summed E-state index contributed by atoms with van der Waals surface area (Å²) in [7, 11) is -4.22. The summed E-state index contributed by atoms with van der Waals surface area (Å²) in [6, 6.07) is 1.08. The summed E-state index contributed by atoms with van der Waals surface area (Å²) in [4.78, 5) is 9.98. The number of carboxylic acid groups (broad SMARTS) is 1. The highest BCUT2D eigenvalue weighted by Gasteiger charge is 2.29. The van der Waals surface area contributed by atoms with Crippen molar-refractivity contribution in [2.45, 2.75) is 43.0 Å². The lowest BCUT2D eigenvalue weighted by molar-refractivity contribution is 0.0685. The number of carbonyl (C=O) groups is 1. The van der Waals surface area contributed by atoms with Crippen LogP contribution in [0.5, 0.6) is 0 Å². The van der Waals surface area contributed by atoms with Crippen molar-refractivity contribution in [2.24, 2.45) is 0 Å². The summed E-state index contributed by atoms with van der Waals surface area (Å²) in [5.41, 5.74) is -1.26. The Bertz CT molecular complexity index is 654. The van der Waals surface area contributed by atoms with Crippen LogP contribution in [0, 0.1) is 11.6 Å². The van der Waals surface area contributed by atoms with E-state index in [2.05, 4.69) is 4.72 Å². The van der Waals surface area contributed by atoms with Crippen molar-refractivity contribution in [2.75, 3.05) is 0 Å². The second-order valence-corrected chi connectivity index (χ2v) is 6.68. The Hall–Kier alpha value is -1.54. The van der Waals surface area contributed by atoms with Gasteiger partial charge in [0.05, 0.1) is 0 Å². The molecule has 0 aromatic heterocycles. The summed E-state index contributed by atoms with van der Waals surface area (Å²) in [5.74, 6) is -4.73. The van der Waals surface area contributed by atoms with Crippen LogP contribution in [-0.2, 0) is 10.0 Å². The molecule has 0 atom stereocenters. The van der Waals surface area contributed by atoms with Gasteiger partial charge in [0.25, 0.3) is 0 Å². The lowest BCUT2D eigenvalue weighted by atomic mass is 9.96. The predicted molar refractivity (Wildman–Crippen MR) is 70.5 cm³/mol. The van der Waals surface area contributed by atoms with E-state index >= 15 is 0 Å². The van der Waals surface area contributed by atoms with E-state index in [4.69, 9.17) is 5.11 Å². The van der Waals surface area contributed by atoms with Gasteiger partial charge in [0.15, 0.2) is 5.82 Å². The smallest absolute Gasteiger partial charge is 0.341 e. The van der Waals surface area contributed by atoms with Crippen LogP contribution < -0.4 is 4.72 Å². The Morgan fingerprint density at radius 1 is 1.19 bits per heavy atom. The fourth-order valence-corrected chi connectivity index (χ4v) is 3.83. The summed E-state index contributed by atoms with van der Waals surface area (Å²) in [6.45, 7) is 0. The molecule has 1 aliphatic carbocycles. The number of benzene rings is 1. The first-order chi connectivity index (χ1) is 9.83. The molecule has 0 aliphatic heterocycles. The van der Waals surface area contributed by atoms with Gasteiger partial charge in [-0.3, -0.25) is 0 Å². The minimum absolute atomic E-state index is 0.304. The standard InChI is InChI=1S/C13H15F2NO4S/c14-9-6-7-10(12(15)11(9)13(17)18)21(19,20)16-8-4-2-1-3-5-8/h6-8,16H,1-5H2,(H,17,18). The second kappa shape index (κ2) is 6.07. The molecule has 2 N–H and O–H groups in total. The van der Waals surface area contributed by atoms with E-state index < -0.39 is 38.1 Å². The maximum absolute atomic E-state index is 14.0. The molecule has 116 valence electrons. The fourth-order valence-electron chi connectivity index (χ4n) is 2.44. The number of aromatic carboxylic acids is 1. The molecule has 5 nitrogen and oxygen atoms in total. The van der Waals surface area contributed by atoms with Crippen LogP contribution in [-0.4, -0.2) is 25.5 Å². The normalized spacial score (nSPS) is 16.9. The number of carboxylic acids is 1. The van der Waals surface area contributed by atoms with Crippen molar-refractivity contribution >= 4 is 16.0 Å². The molecule has 0 amide bonds.